The van der Waals surface area contributed by atoms with E-state index >= 15 is 0 Å². The van der Waals surface area contributed by atoms with Crippen LogP contribution in [0.1, 0.15) is 32.9 Å². The summed E-state index contributed by atoms with van der Waals surface area (Å²) >= 11 is 0. The molecule has 0 aliphatic rings. The molecule has 2 aromatic heterocycles. The SMILES string of the molecule is Cc1ccccc1OCc1c(C(=O)Nc2cnn(Cc3ccccc3F)c2)noc1C. The Labute approximate surface area is 178 Å². The molecule has 0 aliphatic heterocycles. The summed E-state index contributed by atoms with van der Waals surface area (Å²) in [7, 11) is 0. The van der Waals surface area contributed by atoms with Crippen LogP contribution >= 0.6 is 0 Å². The lowest BCUT2D eigenvalue weighted by Gasteiger charge is -2.09. The molecule has 0 atom stereocenters. The number of carbonyl (C=O) groups excluding carboxylic acids is 1. The first kappa shape index (κ1) is 20.3. The van der Waals surface area contributed by atoms with Crippen molar-refractivity contribution in [1.29, 1.82) is 0 Å². The van der Waals surface area contributed by atoms with Crippen molar-refractivity contribution in [3.05, 3.63) is 94.9 Å². The number of anilines is 1. The van der Waals surface area contributed by atoms with Crippen LogP contribution < -0.4 is 10.1 Å². The second kappa shape index (κ2) is 8.83. The highest BCUT2D eigenvalue weighted by Gasteiger charge is 2.21. The van der Waals surface area contributed by atoms with Gasteiger partial charge in [0, 0.05) is 11.8 Å². The third-order valence-corrected chi connectivity index (χ3v) is 4.85. The summed E-state index contributed by atoms with van der Waals surface area (Å²) in [6.45, 7) is 4.08. The molecule has 0 unspecified atom stereocenters. The second-order valence-electron chi connectivity index (χ2n) is 7.09. The van der Waals surface area contributed by atoms with E-state index in [1.807, 2.05) is 31.2 Å². The topological polar surface area (TPSA) is 82.2 Å². The monoisotopic (exact) mass is 420 g/mol. The predicted octanol–water partition coefficient (Wildman–Crippen LogP) is 4.51. The van der Waals surface area contributed by atoms with Crippen molar-refractivity contribution in [2.24, 2.45) is 0 Å². The van der Waals surface area contributed by atoms with E-state index in [9.17, 15) is 9.18 Å². The Kier molecular flexibility index (Phi) is 5.79. The number of para-hydroxylation sites is 1. The molecule has 7 nitrogen and oxygen atoms in total. The van der Waals surface area contributed by atoms with Gasteiger partial charge in [-0.25, -0.2) is 4.39 Å². The number of benzene rings is 2. The number of ether oxygens (including phenoxy) is 1. The van der Waals surface area contributed by atoms with Crippen LogP contribution in [0, 0.1) is 19.7 Å². The molecule has 0 fully saturated rings. The molecule has 2 heterocycles. The van der Waals surface area contributed by atoms with Crippen LogP contribution in [0.25, 0.3) is 0 Å². The molecule has 1 N–H and O–H groups in total. The Morgan fingerprint density at radius 1 is 1.16 bits per heavy atom. The first-order chi connectivity index (χ1) is 15.0. The van der Waals surface area contributed by atoms with Gasteiger partial charge >= 0.3 is 0 Å². The van der Waals surface area contributed by atoms with Gasteiger partial charge in [-0.15, -0.1) is 0 Å². The summed E-state index contributed by atoms with van der Waals surface area (Å²) in [6, 6.07) is 14.1. The van der Waals surface area contributed by atoms with Gasteiger partial charge in [-0.05, 0) is 31.5 Å². The van der Waals surface area contributed by atoms with E-state index in [1.165, 1.54) is 12.3 Å². The molecule has 1 amide bonds. The van der Waals surface area contributed by atoms with Gasteiger partial charge in [0.25, 0.3) is 5.91 Å². The number of amides is 1. The zero-order valence-electron chi connectivity index (χ0n) is 17.1. The molecule has 8 heteroatoms. The van der Waals surface area contributed by atoms with Crippen LogP contribution in [0.3, 0.4) is 0 Å². The maximum Gasteiger partial charge on any atom is 0.278 e. The van der Waals surface area contributed by atoms with Crippen molar-refractivity contribution in [3.63, 3.8) is 0 Å². The Hall–Kier alpha value is -3.94. The van der Waals surface area contributed by atoms with Crippen molar-refractivity contribution in [2.75, 3.05) is 5.32 Å². The minimum atomic E-state index is -0.439. The van der Waals surface area contributed by atoms with E-state index < -0.39 is 5.91 Å². The van der Waals surface area contributed by atoms with Crippen molar-refractivity contribution in [1.82, 2.24) is 14.9 Å². The van der Waals surface area contributed by atoms with Crippen molar-refractivity contribution >= 4 is 11.6 Å². The zero-order valence-corrected chi connectivity index (χ0v) is 17.1. The maximum atomic E-state index is 13.8. The average molecular weight is 420 g/mol. The number of nitrogens with zero attached hydrogens (tertiary/aromatic N) is 3. The Morgan fingerprint density at radius 3 is 2.74 bits per heavy atom. The van der Waals surface area contributed by atoms with E-state index in [4.69, 9.17) is 9.26 Å². The van der Waals surface area contributed by atoms with Crippen LogP contribution in [0.15, 0.2) is 65.4 Å². The quantitative estimate of drug-likeness (QED) is 0.476. The highest BCUT2D eigenvalue weighted by Crippen LogP contribution is 2.21. The largest absolute Gasteiger partial charge is 0.488 e. The van der Waals surface area contributed by atoms with E-state index in [0.29, 0.717) is 22.6 Å². The molecule has 0 radical (unpaired) electrons. The lowest BCUT2D eigenvalue weighted by Crippen LogP contribution is -2.15. The van der Waals surface area contributed by atoms with Crippen LogP contribution in [-0.2, 0) is 13.2 Å². The fourth-order valence-corrected chi connectivity index (χ4v) is 3.11. The van der Waals surface area contributed by atoms with E-state index in [-0.39, 0.29) is 24.7 Å². The number of nitrogens with one attached hydrogen (secondary N) is 1. The molecule has 2 aromatic carbocycles. The van der Waals surface area contributed by atoms with Crippen LogP contribution in [0.5, 0.6) is 5.75 Å². The van der Waals surface area contributed by atoms with Gasteiger partial charge in [-0.3, -0.25) is 9.48 Å². The van der Waals surface area contributed by atoms with Gasteiger partial charge in [0.2, 0.25) is 0 Å². The molecule has 4 aromatic rings. The third kappa shape index (κ3) is 4.63. The number of hydrogen-bond donors (Lipinski definition) is 1. The molecule has 31 heavy (non-hydrogen) atoms. The van der Waals surface area contributed by atoms with Crippen LogP contribution in [-0.4, -0.2) is 20.8 Å². The lowest BCUT2D eigenvalue weighted by atomic mass is 10.2. The lowest BCUT2D eigenvalue weighted by molar-refractivity contribution is 0.101. The van der Waals surface area contributed by atoms with Crippen LogP contribution in [0.2, 0.25) is 0 Å². The summed E-state index contributed by atoms with van der Waals surface area (Å²) in [5, 5.41) is 10.8. The molecule has 158 valence electrons. The first-order valence-electron chi connectivity index (χ1n) is 9.72. The van der Waals surface area contributed by atoms with Crippen molar-refractivity contribution < 1.29 is 18.4 Å². The van der Waals surface area contributed by atoms with Gasteiger partial charge in [-0.2, -0.15) is 5.10 Å². The van der Waals surface area contributed by atoms with E-state index in [0.717, 1.165) is 11.3 Å². The summed E-state index contributed by atoms with van der Waals surface area (Å²) in [5.74, 6) is 0.489. The van der Waals surface area contributed by atoms with Gasteiger partial charge < -0.3 is 14.6 Å². The van der Waals surface area contributed by atoms with Gasteiger partial charge in [0.1, 0.15) is 23.9 Å². The number of carbonyl (C=O) groups is 1. The standard InChI is InChI=1S/C23H21FN4O3/c1-15-7-3-6-10-21(15)30-14-19-16(2)31-27-22(19)23(29)26-18-11-25-28(13-18)12-17-8-4-5-9-20(17)24/h3-11,13H,12,14H2,1-2H3,(H,26,29). The molecular weight excluding hydrogens is 399 g/mol. The summed E-state index contributed by atoms with van der Waals surface area (Å²) < 4.78 is 26.5. The molecule has 0 bridgehead atoms. The van der Waals surface area contributed by atoms with E-state index in [2.05, 4.69) is 15.6 Å². The normalized spacial score (nSPS) is 10.8. The Balaban J connectivity index is 1.44. The molecule has 0 saturated heterocycles. The highest BCUT2D eigenvalue weighted by molar-refractivity contribution is 6.03. The molecule has 0 aliphatic carbocycles. The molecule has 4 rings (SSSR count). The van der Waals surface area contributed by atoms with Gasteiger partial charge in [0.15, 0.2) is 5.69 Å². The number of aryl methyl sites for hydroxylation is 2. The van der Waals surface area contributed by atoms with E-state index in [1.54, 1.807) is 36.0 Å². The summed E-state index contributed by atoms with van der Waals surface area (Å²) in [6.07, 6.45) is 3.12. The number of hydrogen-bond acceptors (Lipinski definition) is 5. The number of rotatable bonds is 7. The minimum Gasteiger partial charge on any atom is -0.488 e. The van der Waals surface area contributed by atoms with Crippen molar-refractivity contribution in [3.8, 4) is 5.75 Å². The molecule has 0 spiro atoms. The fourth-order valence-electron chi connectivity index (χ4n) is 3.11. The Bertz CT molecular complexity index is 1220. The minimum absolute atomic E-state index is 0.146. The van der Waals surface area contributed by atoms with Crippen LogP contribution in [0.4, 0.5) is 10.1 Å². The average Bonchev–Trinajstić information content (AvgIpc) is 3.35. The number of halogens is 1. The Morgan fingerprint density at radius 2 is 1.94 bits per heavy atom. The van der Waals surface area contributed by atoms with Gasteiger partial charge in [-0.1, -0.05) is 41.6 Å². The second-order valence-corrected chi connectivity index (χ2v) is 7.09. The first-order valence-corrected chi connectivity index (χ1v) is 9.72. The fraction of sp³-hybridized carbons (Fsp3) is 0.174. The molecule has 0 saturated carbocycles. The van der Waals surface area contributed by atoms with Crippen molar-refractivity contribution in [2.45, 2.75) is 27.0 Å². The zero-order chi connectivity index (χ0) is 21.8. The predicted molar refractivity (Wildman–Crippen MR) is 112 cm³/mol. The summed E-state index contributed by atoms with van der Waals surface area (Å²) in [4.78, 5) is 12.8. The third-order valence-electron chi connectivity index (χ3n) is 4.85. The smallest absolute Gasteiger partial charge is 0.278 e. The molecular formula is C23H21FN4O3. The van der Waals surface area contributed by atoms with Gasteiger partial charge in [0.05, 0.1) is 24.0 Å². The number of aromatic nitrogens is 3. The highest BCUT2D eigenvalue weighted by atomic mass is 19.1. The summed E-state index contributed by atoms with van der Waals surface area (Å²) in [5.41, 5.74) is 2.68. The maximum absolute atomic E-state index is 13.8.